The van der Waals surface area contributed by atoms with Crippen molar-refractivity contribution in [3.63, 3.8) is 0 Å². The van der Waals surface area contributed by atoms with E-state index < -0.39 is 0 Å². The van der Waals surface area contributed by atoms with Crippen LogP contribution in [-0.2, 0) is 4.79 Å². The molecule has 1 amide bonds. The summed E-state index contributed by atoms with van der Waals surface area (Å²) >= 11 is 6.05. The molecular formula is C12H17ClN2O2. The van der Waals surface area contributed by atoms with E-state index in [1.54, 1.807) is 7.05 Å². The minimum atomic E-state index is -0.102. The molecule has 0 aromatic heterocycles. The summed E-state index contributed by atoms with van der Waals surface area (Å²) in [5.41, 5.74) is 6.99. The average molecular weight is 257 g/mol. The van der Waals surface area contributed by atoms with Crippen molar-refractivity contribution >= 4 is 17.5 Å². The standard InChI is InChI=1S/C12H17ClN2O2/c1-8-6-10(7-9(2)12(8)13)17-5-4-11(16)15-14-3/h6-7,14H,4-5H2,1-3H3,(H,15,16). The number of hydrogen-bond donors (Lipinski definition) is 2. The Morgan fingerprint density at radius 2 is 1.94 bits per heavy atom. The summed E-state index contributed by atoms with van der Waals surface area (Å²) in [6.07, 6.45) is 0.307. The second-order valence-corrected chi connectivity index (χ2v) is 4.15. The van der Waals surface area contributed by atoms with E-state index in [2.05, 4.69) is 10.9 Å². The van der Waals surface area contributed by atoms with Crippen molar-refractivity contribution in [2.24, 2.45) is 0 Å². The maximum absolute atomic E-state index is 11.1. The highest BCUT2D eigenvalue weighted by molar-refractivity contribution is 6.32. The van der Waals surface area contributed by atoms with Crippen LogP contribution in [0.2, 0.25) is 5.02 Å². The largest absolute Gasteiger partial charge is 0.493 e. The number of nitrogens with one attached hydrogen (secondary N) is 2. The molecular weight excluding hydrogens is 240 g/mol. The van der Waals surface area contributed by atoms with Gasteiger partial charge in [0.25, 0.3) is 0 Å². The van der Waals surface area contributed by atoms with Crippen LogP contribution in [0.4, 0.5) is 0 Å². The second kappa shape index (κ2) is 6.47. The van der Waals surface area contributed by atoms with Gasteiger partial charge in [0.2, 0.25) is 5.91 Å². The van der Waals surface area contributed by atoms with Crippen molar-refractivity contribution < 1.29 is 9.53 Å². The Bertz CT molecular complexity index is 384. The van der Waals surface area contributed by atoms with Gasteiger partial charge >= 0.3 is 0 Å². The molecule has 1 aromatic carbocycles. The zero-order chi connectivity index (χ0) is 12.8. The van der Waals surface area contributed by atoms with Crippen molar-refractivity contribution in [2.45, 2.75) is 20.3 Å². The first-order chi connectivity index (χ1) is 8.04. The summed E-state index contributed by atoms with van der Waals surface area (Å²) < 4.78 is 5.49. The summed E-state index contributed by atoms with van der Waals surface area (Å²) in [6.45, 7) is 4.19. The van der Waals surface area contributed by atoms with E-state index in [1.807, 2.05) is 26.0 Å². The van der Waals surface area contributed by atoms with Crippen LogP contribution in [-0.4, -0.2) is 19.6 Å². The van der Waals surface area contributed by atoms with Gasteiger partial charge in [0, 0.05) is 12.1 Å². The predicted octanol–water partition coefficient (Wildman–Crippen LogP) is 1.98. The molecule has 0 radical (unpaired) electrons. The molecule has 5 heteroatoms. The summed E-state index contributed by atoms with van der Waals surface area (Å²) in [7, 11) is 1.64. The Balaban J connectivity index is 2.50. The van der Waals surface area contributed by atoms with Gasteiger partial charge in [-0.1, -0.05) is 11.6 Å². The van der Waals surface area contributed by atoms with Gasteiger partial charge in [-0.2, -0.15) is 0 Å². The summed E-state index contributed by atoms with van der Waals surface area (Å²) in [6, 6.07) is 3.73. The first-order valence-corrected chi connectivity index (χ1v) is 5.77. The minimum Gasteiger partial charge on any atom is -0.493 e. The highest BCUT2D eigenvalue weighted by atomic mass is 35.5. The van der Waals surface area contributed by atoms with E-state index in [9.17, 15) is 4.79 Å². The smallest absolute Gasteiger partial charge is 0.237 e. The van der Waals surface area contributed by atoms with Crippen LogP contribution >= 0.6 is 11.6 Å². The van der Waals surface area contributed by atoms with Gasteiger partial charge in [-0.3, -0.25) is 10.2 Å². The molecule has 0 fully saturated rings. The lowest BCUT2D eigenvalue weighted by molar-refractivity contribution is -0.122. The molecule has 1 rings (SSSR count). The molecule has 0 aliphatic heterocycles. The number of hydrazine groups is 1. The highest BCUT2D eigenvalue weighted by Gasteiger charge is 2.04. The van der Waals surface area contributed by atoms with Gasteiger partial charge in [-0.15, -0.1) is 0 Å². The molecule has 0 aliphatic rings. The first-order valence-electron chi connectivity index (χ1n) is 5.39. The summed E-state index contributed by atoms with van der Waals surface area (Å²) in [5, 5.41) is 0.755. The van der Waals surface area contributed by atoms with Crippen LogP contribution in [0.3, 0.4) is 0 Å². The number of halogens is 1. The van der Waals surface area contributed by atoms with Crippen molar-refractivity contribution in [1.82, 2.24) is 10.9 Å². The first kappa shape index (κ1) is 13.8. The number of aryl methyl sites for hydroxylation is 2. The quantitative estimate of drug-likeness (QED) is 0.792. The Labute approximate surface area is 106 Å². The normalized spacial score (nSPS) is 10.1. The molecule has 0 saturated heterocycles. The highest BCUT2D eigenvalue weighted by Crippen LogP contribution is 2.25. The summed E-state index contributed by atoms with van der Waals surface area (Å²) in [5.74, 6) is 0.636. The van der Waals surface area contributed by atoms with Crippen molar-refractivity contribution in [3.05, 3.63) is 28.3 Å². The number of benzene rings is 1. The van der Waals surface area contributed by atoms with Crippen molar-refractivity contribution in [3.8, 4) is 5.75 Å². The monoisotopic (exact) mass is 256 g/mol. The molecule has 0 atom stereocenters. The van der Waals surface area contributed by atoms with Crippen molar-refractivity contribution in [2.75, 3.05) is 13.7 Å². The number of ether oxygens (including phenoxy) is 1. The molecule has 0 heterocycles. The van der Waals surface area contributed by atoms with Crippen LogP contribution in [0.1, 0.15) is 17.5 Å². The third kappa shape index (κ3) is 4.24. The zero-order valence-electron chi connectivity index (χ0n) is 10.3. The van der Waals surface area contributed by atoms with Gasteiger partial charge in [-0.25, -0.2) is 5.43 Å². The molecule has 0 bridgehead atoms. The lowest BCUT2D eigenvalue weighted by Gasteiger charge is -2.09. The Morgan fingerprint density at radius 1 is 1.35 bits per heavy atom. The van der Waals surface area contributed by atoms with E-state index in [-0.39, 0.29) is 5.91 Å². The minimum absolute atomic E-state index is 0.102. The van der Waals surface area contributed by atoms with E-state index in [1.165, 1.54) is 0 Å². The van der Waals surface area contributed by atoms with E-state index in [0.717, 1.165) is 21.9 Å². The molecule has 0 unspecified atom stereocenters. The van der Waals surface area contributed by atoms with Crippen LogP contribution in [0.5, 0.6) is 5.75 Å². The number of carbonyl (C=O) groups is 1. The van der Waals surface area contributed by atoms with Crippen LogP contribution < -0.4 is 15.6 Å². The van der Waals surface area contributed by atoms with Gasteiger partial charge < -0.3 is 4.74 Å². The van der Waals surface area contributed by atoms with Gasteiger partial charge in [-0.05, 0) is 37.1 Å². The number of rotatable bonds is 5. The lowest BCUT2D eigenvalue weighted by Crippen LogP contribution is -2.34. The van der Waals surface area contributed by atoms with Crippen molar-refractivity contribution in [1.29, 1.82) is 0 Å². The second-order valence-electron chi connectivity index (χ2n) is 3.77. The molecule has 0 aliphatic carbocycles. The molecule has 4 nitrogen and oxygen atoms in total. The van der Waals surface area contributed by atoms with E-state index >= 15 is 0 Å². The Morgan fingerprint density at radius 3 is 2.47 bits per heavy atom. The number of hydrogen-bond acceptors (Lipinski definition) is 3. The van der Waals surface area contributed by atoms with Gasteiger partial charge in [0.1, 0.15) is 5.75 Å². The molecule has 0 saturated carbocycles. The fourth-order valence-electron chi connectivity index (χ4n) is 1.45. The number of amides is 1. The summed E-state index contributed by atoms with van der Waals surface area (Å²) in [4.78, 5) is 11.1. The number of carbonyl (C=O) groups excluding carboxylic acids is 1. The lowest BCUT2D eigenvalue weighted by atomic mass is 10.1. The van der Waals surface area contributed by atoms with Crippen LogP contribution in [0, 0.1) is 13.8 Å². The average Bonchev–Trinajstić information content (AvgIpc) is 2.26. The molecule has 2 N–H and O–H groups in total. The fourth-order valence-corrected chi connectivity index (χ4v) is 1.56. The van der Waals surface area contributed by atoms with Crippen LogP contribution in [0.15, 0.2) is 12.1 Å². The van der Waals surface area contributed by atoms with Gasteiger partial charge in [0.05, 0.1) is 13.0 Å². The Hall–Kier alpha value is -1.26. The maximum atomic E-state index is 11.1. The SMILES string of the molecule is CNNC(=O)CCOc1cc(C)c(Cl)c(C)c1. The Kier molecular flexibility index (Phi) is 5.25. The molecule has 17 heavy (non-hydrogen) atoms. The molecule has 1 aromatic rings. The van der Waals surface area contributed by atoms with Gasteiger partial charge in [0.15, 0.2) is 0 Å². The van der Waals surface area contributed by atoms with E-state index in [4.69, 9.17) is 16.3 Å². The third-order valence-electron chi connectivity index (χ3n) is 2.27. The topological polar surface area (TPSA) is 50.4 Å². The van der Waals surface area contributed by atoms with E-state index in [0.29, 0.717) is 13.0 Å². The van der Waals surface area contributed by atoms with Crippen LogP contribution in [0.25, 0.3) is 0 Å². The third-order valence-corrected chi connectivity index (χ3v) is 2.87. The fraction of sp³-hybridized carbons (Fsp3) is 0.417. The zero-order valence-corrected chi connectivity index (χ0v) is 11.0. The molecule has 94 valence electrons. The molecule has 0 spiro atoms. The maximum Gasteiger partial charge on any atom is 0.237 e. The predicted molar refractivity (Wildman–Crippen MR) is 68.2 cm³/mol.